The fraction of sp³-hybridized carbons (Fsp3) is 0.0588. The molecule has 1 N–H and O–H groups in total. The van der Waals surface area contributed by atoms with Gasteiger partial charge in [-0.3, -0.25) is 14.5 Å². The van der Waals surface area contributed by atoms with Gasteiger partial charge in [0.05, 0.1) is 17.8 Å². The molecule has 21 heavy (non-hydrogen) atoms. The van der Waals surface area contributed by atoms with Crippen molar-refractivity contribution in [2.75, 3.05) is 4.90 Å². The number of para-hydroxylation sites is 1. The Morgan fingerprint density at radius 1 is 1.05 bits per heavy atom. The van der Waals surface area contributed by atoms with Gasteiger partial charge in [-0.1, -0.05) is 43.0 Å². The minimum Gasteiger partial charge on any atom is -0.481 e. The van der Waals surface area contributed by atoms with Crippen molar-refractivity contribution in [1.29, 1.82) is 0 Å². The van der Waals surface area contributed by atoms with Crippen molar-refractivity contribution in [3.05, 3.63) is 71.8 Å². The summed E-state index contributed by atoms with van der Waals surface area (Å²) < 4.78 is 0. The predicted octanol–water partition coefficient (Wildman–Crippen LogP) is 2.94. The fourth-order valence-corrected chi connectivity index (χ4v) is 2.58. The van der Waals surface area contributed by atoms with Gasteiger partial charge in [-0.15, -0.1) is 0 Å². The van der Waals surface area contributed by atoms with Gasteiger partial charge in [0.25, 0.3) is 5.91 Å². The number of benzene rings is 2. The summed E-state index contributed by atoms with van der Waals surface area (Å²) in [6, 6.07) is 14.3. The number of hydrogen-bond donors (Lipinski definition) is 1. The third-order valence-corrected chi connectivity index (χ3v) is 3.52. The Balaban J connectivity index is 2.09. The Bertz CT molecular complexity index is 729. The van der Waals surface area contributed by atoms with Crippen molar-refractivity contribution >= 4 is 23.3 Å². The van der Waals surface area contributed by atoms with Crippen molar-refractivity contribution in [1.82, 2.24) is 0 Å². The molecule has 0 atom stereocenters. The lowest BCUT2D eigenvalue weighted by molar-refractivity contribution is -0.136. The van der Waals surface area contributed by atoms with Gasteiger partial charge in [0, 0.05) is 11.1 Å². The van der Waals surface area contributed by atoms with Crippen LogP contribution in [0.25, 0.3) is 5.70 Å². The maximum Gasteiger partial charge on any atom is 0.307 e. The van der Waals surface area contributed by atoms with Crippen LogP contribution in [0.5, 0.6) is 0 Å². The summed E-state index contributed by atoms with van der Waals surface area (Å²) in [6.45, 7) is 3.98. The van der Waals surface area contributed by atoms with Gasteiger partial charge < -0.3 is 5.11 Å². The molecule has 0 fully saturated rings. The Morgan fingerprint density at radius 2 is 1.67 bits per heavy atom. The van der Waals surface area contributed by atoms with Gasteiger partial charge in [0.2, 0.25) is 0 Å². The molecule has 0 unspecified atom stereocenters. The predicted molar refractivity (Wildman–Crippen MR) is 80.1 cm³/mol. The second kappa shape index (κ2) is 4.90. The van der Waals surface area contributed by atoms with Gasteiger partial charge in [-0.05, 0) is 17.7 Å². The Labute approximate surface area is 121 Å². The maximum atomic E-state index is 12.6. The fourth-order valence-electron chi connectivity index (χ4n) is 2.58. The van der Waals surface area contributed by atoms with Gasteiger partial charge >= 0.3 is 5.97 Å². The van der Waals surface area contributed by atoms with E-state index in [1.54, 1.807) is 36.4 Å². The molecule has 1 aliphatic rings. The lowest BCUT2D eigenvalue weighted by atomic mass is 10.1. The maximum absolute atomic E-state index is 12.6. The van der Waals surface area contributed by atoms with Crippen LogP contribution in [-0.2, 0) is 11.2 Å². The standard InChI is InChI=1S/C17H13NO3/c1-11-13-7-3-4-8-14(13)17(21)18(11)15-9-5-2-6-12(15)10-16(19)20/h2-9H,1,10H2,(H,19,20). The number of rotatable bonds is 3. The average molecular weight is 279 g/mol. The van der Waals surface area contributed by atoms with Gasteiger partial charge in [-0.25, -0.2) is 0 Å². The van der Waals surface area contributed by atoms with Crippen LogP contribution in [-0.4, -0.2) is 17.0 Å². The van der Waals surface area contributed by atoms with E-state index in [1.807, 2.05) is 12.1 Å². The number of aliphatic carboxylic acids is 1. The van der Waals surface area contributed by atoms with E-state index in [-0.39, 0.29) is 12.3 Å². The molecule has 0 bridgehead atoms. The third-order valence-electron chi connectivity index (χ3n) is 3.52. The van der Waals surface area contributed by atoms with Crippen molar-refractivity contribution < 1.29 is 14.7 Å². The summed E-state index contributed by atoms with van der Waals surface area (Å²) in [4.78, 5) is 25.0. The van der Waals surface area contributed by atoms with E-state index in [2.05, 4.69) is 6.58 Å². The monoisotopic (exact) mass is 279 g/mol. The van der Waals surface area contributed by atoms with Gasteiger partial charge in [0.1, 0.15) is 0 Å². The summed E-state index contributed by atoms with van der Waals surface area (Å²) in [6.07, 6.45) is -0.135. The van der Waals surface area contributed by atoms with Crippen molar-refractivity contribution in [2.45, 2.75) is 6.42 Å². The molecule has 4 heteroatoms. The second-order valence-corrected chi connectivity index (χ2v) is 4.83. The molecule has 104 valence electrons. The number of nitrogens with zero attached hydrogens (tertiary/aromatic N) is 1. The van der Waals surface area contributed by atoms with Crippen LogP contribution < -0.4 is 4.90 Å². The molecule has 2 aromatic carbocycles. The highest BCUT2D eigenvalue weighted by Crippen LogP contribution is 2.37. The van der Waals surface area contributed by atoms with Crippen LogP contribution >= 0.6 is 0 Å². The summed E-state index contributed by atoms with van der Waals surface area (Å²) in [5, 5.41) is 9.01. The number of anilines is 1. The largest absolute Gasteiger partial charge is 0.481 e. The number of amides is 1. The minimum absolute atomic E-state index is 0.135. The lowest BCUT2D eigenvalue weighted by Gasteiger charge is -2.20. The molecule has 0 aromatic heterocycles. The van der Waals surface area contributed by atoms with Crippen LogP contribution in [0, 0.1) is 0 Å². The van der Waals surface area contributed by atoms with E-state index in [4.69, 9.17) is 5.11 Å². The highest BCUT2D eigenvalue weighted by atomic mass is 16.4. The number of carbonyl (C=O) groups is 2. The molecule has 0 spiro atoms. The molecular formula is C17H13NO3. The zero-order valence-electron chi connectivity index (χ0n) is 11.2. The first kappa shape index (κ1) is 13.1. The van der Waals surface area contributed by atoms with E-state index < -0.39 is 5.97 Å². The number of carboxylic acid groups (broad SMARTS) is 1. The van der Waals surface area contributed by atoms with E-state index in [0.717, 1.165) is 5.56 Å². The van der Waals surface area contributed by atoms with E-state index in [1.165, 1.54) is 4.90 Å². The van der Waals surface area contributed by atoms with Crippen LogP contribution in [0.2, 0.25) is 0 Å². The summed E-state index contributed by atoms with van der Waals surface area (Å²) >= 11 is 0. The quantitative estimate of drug-likeness (QED) is 0.939. The third kappa shape index (κ3) is 2.10. The number of carbonyl (C=O) groups excluding carboxylic acids is 1. The first-order chi connectivity index (χ1) is 10.1. The molecule has 0 radical (unpaired) electrons. The lowest BCUT2D eigenvalue weighted by Crippen LogP contribution is -2.23. The molecule has 1 heterocycles. The highest BCUT2D eigenvalue weighted by Gasteiger charge is 2.32. The first-order valence-corrected chi connectivity index (χ1v) is 6.52. The Kier molecular flexibility index (Phi) is 3.06. The van der Waals surface area contributed by atoms with E-state index in [0.29, 0.717) is 22.5 Å². The molecule has 1 aliphatic heterocycles. The first-order valence-electron chi connectivity index (χ1n) is 6.52. The van der Waals surface area contributed by atoms with Gasteiger partial charge in [0.15, 0.2) is 0 Å². The van der Waals surface area contributed by atoms with Crippen LogP contribution in [0.3, 0.4) is 0 Å². The second-order valence-electron chi connectivity index (χ2n) is 4.83. The van der Waals surface area contributed by atoms with Crippen LogP contribution in [0.1, 0.15) is 21.5 Å². The SMILES string of the molecule is C=C1c2ccccc2C(=O)N1c1ccccc1CC(=O)O. The van der Waals surface area contributed by atoms with Crippen molar-refractivity contribution in [3.8, 4) is 0 Å². The molecule has 2 aromatic rings. The molecule has 0 saturated heterocycles. The van der Waals surface area contributed by atoms with Crippen molar-refractivity contribution in [2.24, 2.45) is 0 Å². The van der Waals surface area contributed by atoms with Crippen molar-refractivity contribution in [3.63, 3.8) is 0 Å². The molecule has 4 nitrogen and oxygen atoms in total. The topological polar surface area (TPSA) is 57.6 Å². The molecular weight excluding hydrogens is 266 g/mol. The summed E-state index contributed by atoms with van der Waals surface area (Å²) in [7, 11) is 0. The van der Waals surface area contributed by atoms with Crippen LogP contribution in [0.15, 0.2) is 55.1 Å². The molecule has 0 aliphatic carbocycles. The summed E-state index contributed by atoms with van der Waals surface area (Å²) in [5.74, 6) is -1.11. The zero-order chi connectivity index (χ0) is 15.0. The molecule has 0 saturated carbocycles. The summed E-state index contributed by atoms with van der Waals surface area (Å²) in [5.41, 5.74) is 3.12. The average Bonchev–Trinajstić information content (AvgIpc) is 2.72. The smallest absolute Gasteiger partial charge is 0.307 e. The number of hydrogen-bond acceptors (Lipinski definition) is 2. The van der Waals surface area contributed by atoms with E-state index >= 15 is 0 Å². The molecule has 1 amide bonds. The normalized spacial score (nSPS) is 13.4. The van der Waals surface area contributed by atoms with E-state index in [9.17, 15) is 9.59 Å². The zero-order valence-corrected chi connectivity index (χ0v) is 11.2. The minimum atomic E-state index is -0.933. The Morgan fingerprint density at radius 3 is 2.33 bits per heavy atom. The Hall–Kier alpha value is -2.88. The highest BCUT2D eigenvalue weighted by molar-refractivity contribution is 6.22. The molecule has 3 rings (SSSR count). The van der Waals surface area contributed by atoms with Crippen LogP contribution in [0.4, 0.5) is 5.69 Å². The number of carboxylic acids is 1. The number of fused-ring (bicyclic) bond motifs is 1. The van der Waals surface area contributed by atoms with Gasteiger partial charge in [-0.2, -0.15) is 0 Å².